The van der Waals surface area contributed by atoms with Crippen molar-refractivity contribution in [1.82, 2.24) is 9.97 Å². The summed E-state index contributed by atoms with van der Waals surface area (Å²) in [6.45, 7) is 0. The zero-order valence-corrected chi connectivity index (χ0v) is 11.0. The van der Waals surface area contributed by atoms with Gasteiger partial charge in [-0.2, -0.15) is 0 Å². The average molecular weight is 258 g/mol. The van der Waals surface area contributed by atoms with Crippen LogP contribution in [0.25, 0.3) is 0 Å². The molecular formula is C14H18N4O. The molecule has 0 radical (unpaired) electrons. The van der Waals surface area contributed by atoms with Crippen LogP contribution in [-0.4, -0.2) is 22.9 Å². The van der Waals surface area contributed by atoms with E-state index in [1.165, 1.54) is 0 Å². The fourth-order valence-electron chi connectivity index (χ4n) is 1.84. The van der Waals surface area contributed by atoms with Crippen molar-refractivity contribution in [3.8, 4) is 0 Å². The van der Waals surface area contributed by atoms with Crippen molar-refractivity contribution in [3.63, 3.8) is 0 Å². The van der Waals surface area contributed by atoms with Gasteiger partial charge < -0.3 is 10.7 Å². The standard InChI is InChI=1S/C14H18N4O/c1-18(13-8-7-11(15)10-17-13)14(19)6-2-4-12-5-3-9-16-12/h3,5,7-10,16H,2,4,6,15H2,1H3. The Hall–Kier alpha value is -2.30. The molecule has 0 fully saturated rings. The summed E-state index contributed by atoms with van der Waals surface area (Å²) >= 11 is 0. The zero-order chi connectivity index (χ0) is 13.7. The largest absolute Gasteiger partial charge is 0.397 e. The topological polar surface area (TPSA) is 75.0 Å². The first kappa shape index (κ1) is 13.1. The third kappa shape index (κ3) is 3.58. The molecule has 2 aromatic rings. The Morgan fingerprint density at radius 3 is 2.89 bits per heavy atom. The molecule has 0 aliphatic heterocycles. The second kappa shape index (κ2) is 6.04. The number of hydrogen-bond donors (Lipinski definition) is 2. The third-order valence-corrected chi connectivity index (χ3v) is 2.99. The van der Waals surface area contributed by atoms with Gasteiger partial charge >= 0.3 is 0 Å². The number of nitrogens with one attached hydrogen (secondary N) is 1. The van der Waals surface area contributed by atoms with E-state index in [0.29, 0.717) is 17.9 Å². The van der Waals surface area contributed by atoms with Crippen molar-refractivity contribution in [2.75, 3.05) is 17.7 Å². The molecule has 0 bridgehead atoms. The molecule has 2 rings (SSSR count). The number of H-pyrrole nitrogens is 1. The number of pyridine rings is 1. The number of aromatic nitrogens is 2. The van der Waals surface area contributed by atoms with E-state index in [4.69, 9.17) is 5.73 Å². The van der Waals surface area contributed by atoms with E-state index in [9.17, 15) is 4.79 Å². The molecule has 0 aromatic carbocycles. The van der Waals surface area contributed by atoms with Crippen LogP contribution < -0.4 is 10.6 Å². The molecule has 0 saturated heterocycles. The first-order valence-electron chi connectivity index (χ1n) is 6.27. The van der Waals surface area contributed by atoms with Gasteiger partial charge in [-0.3, -0.25) is 9.69 Å². The summed E-state index contributed by atoms with van der Waals surface area (Å²) in [6, 6.07) is 7.47. The minimum absolute atomic E-state index is 0.0591. The quantitative estimate of drug-likeness (QED) is 0.861. The number of carbonyl (C=O) groups is 1. The summed E-state index contributed by atoms with van der Waals surface area (Å²) in [5.74, 6) is 0.683. The van der Waals surface area contributed by atoms with E-state index in [1.807, 2.05) is 18.3 Å². The molecule has 2 heterocycles. The molecule has 2 aromatic heterocycles. The van der Waals surface area contributed by atoms with Gasteiger partial charge in [-0.05, 0) is 37.1 Å². The third-order valence-electron chi connectivity index (χ3n) is 2.99. The van der Waals surface area contributed by atoms with Crippen molar-refractivity contribution in [3.05, 3.63) is 42.4 Å². The highest BCUT2D eigenvalue weighted by Crippen LogP contribution is 2.12. The Morgan fingerprint density at radius 2 is 2.26 bits per heavy atom. The number of nitrogens with zero attached hydrogens (tertiary/aromatic N) is 2. The number of anilines is 2. The van der Waals surface area contributed by atoms with Crippen molar-refractivity contribution in [1.29, 1.82) is 0 Å². The molecule has 0 unspecified atom stereocenters. The van der Waals surface area contributed by atoms with Crippen LogP contribution in [0.2, 0.25) is 0 Å². The summed E-state index contributed by atoms with van der Waals surface area (Å²) in [6.07, 6.45) is 5.64. The van der Waals surface area contributed by atoms with E-state index in [-0.39, 0.29) is 5.91 Å². The Kier molecular flexibility index (Phi) is 4.18. The van der Waals surface area contributed by atoms with Gasteiger partial charge in [0.1, 0.15) is 5.82 Å². The number of carbonyl (C=O) groups excluding carboxylic acids is 1. The van der Waals surface area contributed by atoms with Crippen LogP contribution in [0, 0.1) is 0 Å². The number of nitrogen functional groups attached to an aromatic ring is 1. The van der Waals surface area contributed by atoms with Crippen molar-refractivity contribution in [2.45, 2.75) is 19.3 Å². The maximum absolute atomic E-state index is 12.0. The van der Waals surface area contributed by atoms with Gasteiger partial charge in [-0.1, -0.05) is 0 Å². The smallest absolute Gasteiger partial charge is 0.227 e. The fraction of sp³-hybridized carbons (Fsp3) is 0.286. The first-order valence-corrected chi connectivity index (χ1v) is 6.27. The average Bonchev–Trinajstić information content (AvgIpc) is 2.92. The highest BCUT2D eigenvalue weighted by atomic mass is 16.2. The Bertz CT molecular complexity index is 519. The van der Waals surface area contributed by atoms with E-state index >= 15 is 0 Å². The Morgan fingerprint density at radius 1 is 1.42 bits per heavy atom. The summed E-state index contributed by atoms with van der Waals surface area (Å²) in [4.78, 5) is 20.8. The second-order valence-electron chi connectivity index (χ2n) is 4.45. The molecule has 3 N–H and O–H groups in total. The molecule has 0 aliphatic carbocycles. The second-order valence-corrected chi connectivity index (χ2v) is 4.45. The highest BCUT2D eigenvalue weighted by molar-refractivity contribution is 5.91. The zero-order valence-electron chi connectivity index (χ0n) is 11.0. The molecule has 0 aliphatic rings. The highest BCUT2D eigenvalue weighted by Gasteiger charge is 2.11. The molecule has 1 amide bonds. The monoisotopic (exact) mass is 258 g/mol. The SMILES string of the molecule is CN(C(=O)CCCc1ccc[nH]1)c1ccc(N)cn1. The van der Waals surface area contributed by atoms with Crippen LogP contribution in [0.1, 0.15) is 18.5 Å². The normalized spacial score (nSPS) is 10.4. The minimum atomic E-state index is 0.0591. The van der Waals surface area contributed by atoms with Crippen LogP contribution in [0.4, 0.5) is 11.5 Å². The van der Waals surface area contributed by atoms with Gasteiger partial charge in [0.15, 0.2) is 0 Å². The van der Waals surface area contributed by atoms with Crippen molar-refractivity contribution >= 4 is 17.4 Å². The predicted octanol–water partition coefficient (Wildman–Crippen LogP) is 1.98. The summed E-state index contributed by atoms with van der Waals surface area (Å²) < 4.78 is 0. The number of aryl methyl sites for hydroxylation is 1. The van der Waals surface area contributed by atoms with E-state index in [0.717, 1.165) is 18.5 Å². The summed E-state index contributed by atoms with van der Waals surface area (Å²) in [7, 11) is 1.73. The lowest BCUT2D eigenvalue weighted by Gasteiger charge is -2.16. The van der Waals surface area contributed by atoms with Gasteiger partial charge in [0.25, 0.3) is 0 Å². The molecular weight excluding hydrogens is 240 g/mol. The summed E-state index contributed by atoms with van der Waals surface area (Å²) in [5, 5.41) is 0. The molecule has 5 nitrogen and oxygen atoms in total. The van der Waals surface area contributed by atoms with Crippen LogP contribution in [0.3, 0.4) is 0 Å². The first-order chi connectivity index (χ1) is 9.16. The van der Waals surface area contributed by atoms with Crippen LogP contribution in [-0.2, 0) is 11.2 Å². The number of rotatable bonds is 5. The lowest BCUT2D eigenvalue weighted by Crippen LogP contribution is -2.26. The van der Waals surface area contributed by atoms with Crippen LogP contribution >= 0.6 is 0 Å². The van der Waals surface area contributed by atoms with Crippen LogP contribution in [0.15, 0.2) is 36.7 Å². The van der Waals surface area contributed by atoms with Gasteiger partial charge in [0.05, 0.1) is 11.9 Å². The number of aromatic amines is 1. The number of amides is 1. The van der Waals surface area contributed by atoms with E-state index in [2.05, 4.69) is 9.97 Å². The molecule has 19 heavy (non-hydrogen) atoms. The van der Waals surface area contributed by atoms with E-state index in [1.54, 1.807) is 30.3 Å². The Labute approximate surface area is 112 Å². The number of hydrogen-bond acceptors (Lipinski definition) is 3. The van der Waals surface area contributed by atoms with Gasteiger partial charge in [0, 0.05) is 25.4 Å². The summed E-state index contributed by atoms with van der Waals surface area (Å²) in [5.41, 5.74) is 7.32. The van der Waals surface area contributed by atoms with Crippen molar-refractivity contribution < 1.29 is 4.79 Å². The predicted molar refractivity (Wildman–Crippen MR) is 75.8 cm³/mol. The lowest BCUT2D eigenvalue weighted by atomic mass is 10.2. The van der Waals surface area contributed by atoms with Gasteiger partial charge in [0.2, 0.25) is 5.91 Å². The molecule has 5 heteroatoms. The van der Waals surface area contributed by atoms with Crippen LogP contribution in [0.5, 0.6) is 0 Å². The molecule has 100 valence electrons. The Balaban J connectivity index is 1.83. The molecule has 0 atom stereocenters. The fourth-order valence-corrected chi connectivity index (χ4v) is 1.84. The lowest BCUT2D eigenvalue weighted by molar-refractivity contribution is -0.118. The van der Waals surface area contributed by atoms with Gasteiger partial charge in [-0.25, -0.2) is 4.98 Å². The van der Waals surface area contributed by atoms with Gasteiger partial charge in [-0.15, -0.1) is 0 Å². The van der Waals surface area contributed by atoms with Crippen molar-refractivity contribution in [2.24, 2.45) is 0 Å². The minimum Gasteiger partial charge on any atom is -0.397 e. The molecule has 0 spiro atoms. The maximum Gasteiger partial charge on any atom is 0.227 e. The number of nitrogens with two attached hydrogens (primary N) is 1. The maximum atomic E-state index is 12.0. The van der Waals surface area contributed by atoms with E-state index < -0.39 is 0 Å². The molecule has 0 saturated carbocycles.